The van der Waals surface area contributed by atoms with Gasteiger partial charge in [-0.05, 0) is 48.2 Å². The second-order valence-electron chi connectivity index (χ2n) is 5.92. The third-order valence-corrected chi connectivity index (χ3v) is 4.63. The van der Waals surface area contributed by atoms with Crippen LogP contribution >= 0.6 is 15.9 Å². The zero-order valence-electron chi connectivity index (χ0n) is 12.5. The predicted octanol–water partition coefficient (Wildman–Crippen LogP) is 3.03. The van der Waals surface area contributed by atoms with Crippen LogP contribution in [0.5, 0.6) is 0 Å². The number of nitrogens with two attached hydrogens (primary N) is 1. The van der Waals surface area contributed by atoms with Gasteiger partial charge in [0.2, 0.25) is 0 Å². The van der Waals surface area contributed by atoms with Crippen LogP contribution in [-0.4, -0.2) is 34.5 Å². The number of carbonyl (C=O) groups is 1. The van der Waals surface area contributed by atoms with E-state index in [1.165, 1.54) is 0 Å². The summed E-state index contributed by atoms with van der Waals surface area (Å²) in [7, 11) is 0. The molecule has 1 amide bonds. The van der Waals surface area contributed by atoms with Crippen LogP contribution in [0.25, 0.3) is 0 Å². The highest BCUT2D eigenvalue weighted by Gasteiger charge is 2.30. The van der Waals surface area contributed by atoms with E-state index in [9.17, 15) is 4.79 Å². The van der Waals surface area contributed by atoms with Gasteiger partial charge in [-0.3, -0.25) is 4.79 Å². The van der Waals surface area contributed by atoms with Gasteiger partial charge in [-0.2, -0.15) is 0 Å². The van der Waals surface area contributed by atoms with E-state index in [0.29, 0.717) is 5.92 Å². The van der Waals surface area contributed by atoms with Crippen LogP contribution in [0.4, 0.5) is 0 Å². The number of aromatic nitrogens is 1. The van der Waals surface area contributed by atoms with Gasteiger partial charge in [0, 0.05) is 35.8 Å². The monoisotopic (exact) mass is 341 g/mol. The molecular weight excluding hydrogens is 318 g/mol. The number of nitrogens with zero attached hydrogens (tertiary/aromatic N) is 2. The highest BCUT2D eigenvalue weighted by Crippen LogP contribution is 2.24. The van der Waals surface area contributed by atoms with Gasteiger partial charge < -0.3 is 15.2 Å². The molecule has 1 aromatic heterocycles. The van der Waals surface area contributed by atoms with E-state index in [2.05, 4.69) is 36.7 Å². The second-order valence-corrected chi connectivity index (χ2v) is 6.83. The molecule has 1 aromatic rings. The number of carbonyl (C=O) groups excluding carboxylic acids is 1. The number of amides is 1. The molecule has 0 spiro atoms. The van der Waals surface area contributed by atoms with Gasteiger partial charge in [-0.15, -0.1) is 0 Å². The number of piperidine rings is 1. The summed E-state index contributed by atoms with van der Waals surface area (Å²) < 4.78 is 2.98. The minimum atomic E-state index is 0.120. The molecule has 1 saturated heterocycles. The van der Waals surface area contributed by atoms with E-state index in [4.69, 9.17) is 5.73 Å². The van der Waals surface area contributed by atoms with Gasteiger partial charge in [0.1, 0.15) is 5.69 Å². The van der Waals surface area contributed by atoms with Crippen LogP contribution in [-0.2, 0) is 0 Å². The predicted molar refractivity (Wildman–Crippen MR) is 84.8 cm³/mol. The third kappa shape index (κ3) is 3.09. The van der Waals surface area contributed by atoms with Crippen LogP contribution in [0, 0.1) is 5.92 Å². The first-order valence-electron chi connectivity index (χ1n) is 7.36. The lowest BCUT2D eigenvalue weighted by Gasteiger charge is -2.36. The van der Waals surface area contributed by atoms with Gasteiger partial charge in [0.15, 0.2) is 0 Å². The Balaban J connectivity index is 2.19. The Kier molecular flexibility index (Phi) is 4.91. The zero-order chi connectivity index (χ0) is 14.9. The molecule has 1 fully saturated rings. The maximum atomic E-state index is 12.7. The molecule has 0 saturated carbocycles. The molecule has 0 radical (unpaired) electrons. The van der Waals surface area contributed by atoms with Gasteiger partial charge in [0.25, 0.3) is 5.91 Å². The van der Waals surface area contributed by atoms with Crippen molar-refractivity contribution >= 4 is 21.8 Å². The molecule has 0 aliphatic carbocycles. The van der Waals surface area contributed by atoms with Crippen molar-refractivity contribution in [2.45, 2.75) is 45.7 Å². The fourth-order valence-electron chi connectivity index (χ4n) is 2.87. The summed E-state index contributed by atoms with van der Waals surface area (Å²) in [6, 6.07) is 2.42. The van der Waals surface area contributed by atoms with Gasteiger partial charge in [0.05, 0.1) is 0 Å². The van der Waals surface area contributed by atoms with Crippen molar-refractivity contribution in [3.63, 3.8) is 0 Å². The Morgan fingerprint density at radius 2 is 2.25 bits per heavy atom. The lowest BCUT2D eigenvalue weighted by Crippen LogP contribution is -2.49. The lowest BCUT2D eigenvalue weighted by atomic mass is 9.90. The summed E-state index contributed by atoms with van der Waals surface area (Å²) >= 11 is 3.47. The summed E-state index contributed by atoms with van der Waals surface area (Å²) in [5.74, 6) is 0.536. The minimum Gasteiger partial charge on any atom is -0.340 e. The topological polar surface area (TPSA) is 51.3 Å². The van der Waals surface area contributed by atoms with Gasteiger partial charge in [-0.25, -0.2) is 0 Å². The molecule has 2 atom stereocenters. The van der Waals surface area contributed by atoms with Crippen molar-refractivity contribution < 1.29 is 4.79 Å². The zero-order valence-corrected chi connectivity index (χ0v) is 14.1. The van der Waals surface area contributed by atoms with E-state index in [0.717, 1.165) is 36.1 Å². The van der Waals surface area contributed by atoms with Crippen molar-refractivity contribution in [1.82, 2.24) is 9.47 Å². The maximum absolute atomic E-state index is 12.7. The fraction of sp³-hybridized carbons (Fsp3) is 0.667. The highest BCUT2D eigenvalue weighted by atomic mass is 79.9. The average molecular weight is 342 g/mol. The van der Waals surface area contributed by atoms with Crippen LogP contribution < -0.4 is 5.73 Å². The molecule has 2 unspecified atom stereocenters. The van der Waals surface area contributed by atoms with E-state index in [1.807, 2.05) is 21.7 Å². The quantitative estimate of drug-likeness (QED) is 0.918. The Labute approximate surface area is 129 Å². The second kappa shape index (κ2) is 6.31. The van der Waals surface area contributed by atoms with Gasteiger partial charge >= 0.3 is 0 Å². The number of hydrogen-bond donors (Lipinski definition) is 1. The molecule has 1 aliphatic heterocycles. The Bertz CT molecular complexity index is 483. The molecule has 5 heteroatoms. The highest BCUT2D eigenvalue weighted by molar-refractivity contribution is 9.10. The summed E-state index contributed by atoms with van der Waals surface area (Å²) in [5, 5.41) is 0. The average Bonchev–Trinajstić information content (AvgIpc) is 2.81. The number of hydrogen-bond acceptors (Lipinski definition) is 2. The van der Waals surface area contributed by atoms with Crippen LogP contribution in [0.2, 0.25) is 0 Å². The molecule has 2 N–H and O–H groups in total. The van der Waals surface area contributed by atoms with E-state index in [1.54, 1.807) is 0 Å². The van der Waals surface area contributed by atoms with Crippen molar-refractivity contribution in [1.29, 1.82) is 0 Å². The van der Waals surface area contributed by atoms with Crippen molar-refractivity contribution in [3.8, 4) is 0 Å². The first-order chi connectivity index (χ1) is 9.43. The van der Waals surface area contributed by atoms with Crippen LogP contribution in [0.15, 0.2) is 16.7 Å². The SMILES string of the molecule is CCC1CN(C(=O)c2cc(Br)cn2C(C)C)CCC1N. The van der Waals surface area contributed by atoms with Crippen LogP contribution in [0.1, 0.15) is 50.1 Å². The number of halogens is 1. The normalized spacial score (nSPS) is 23.4. The molecule has 0 aromatic carbocycles. The smallest absolute Gasteiger partial charge is 0.270 e. The van der Waals surface area contributed by atoms with E-state index >= 15 is 0 Å². The molecular formula is C15H24BrN3O. The number of likely N-dealkylation sites (tertiary alicyclic amines) is 1. The third-order valence-electron chi connectivity index (χ3n) is 4.19. The van der Waals surface area contributed by atoms with Crippen molar-refractivity contribution in [2.24, 2.45) is 11.7 Å². The Hall–Kier alpha value is -0.810. The molecule has 2 rings (SSSR count). The van der Waals surface area contributed by atoms with Crippen molar-refractivity contribution in [3.05, 3.63) is 22.4 Å². The van der Waals surface area contributed by atoms with Gasteiger partial charge in [-0.1, -0.05) is 13.3 Å². The van der Waals surface area contributed by atoms with E-state index < -0.39 is 0 Å². The number of rotatable bonds is 3. The van der Waals surface area contributed by atoms with Crippen molar-refractivity contribution in [2.75, 3.05) is 13.1 Å². The maximum Gasteiger partial charge on any atom is 0.270 e. The molecule has 4 nitrogen and oxygen atoms in total. The molecule has 20 heavy (non-hydrogen) atoms. The summed E-state index contributed by atoms with van der Waals surface area (Å²) in [6.45, 7) is 7.86. The standard InChI is InChI=1S/C15H24BrN3O/c1-4-11-8-18(6-5-13(11)17)15(20)14-7-12(16)9-19(14)10(2)3/h7,9-11,13H,4-6,8,17H2,1-3H3. The first kappa shape index (κ1) is 15.6. The molecule has 0 bridgehead atoms. The fourth-order valence-corrected chi connectivity index (χ4v) is 3.31. The minimum absolute atomic E-state index is 0.120. The largest absolute Gasteiger partial charge is 0.340 e. The van der Waals surface area contributed by atoms with Crippen LogP contribution in [0.3, 0.4) is 0 Å². The summed E-state index contributed by atoms with van der Waals surface area (Å²) in [5.41, 5.74) is 6.88. The molecule has 2 heterocycles. The lowest BCUT2D eigenvalue weighted by molar-refractivity contribution is 0.0636. The molecule has 112 valence electrons. The van der Waals surface area contributed by atoms with E-state index in [-0.39, 0.29) is 18.0 Å². The summed E-state index contributed by atoms with van der Waals surface area (Å²) in [6.07, 6.45) is 3.90. The first-order valence-corrected chi connectivity index (χ1v) is 8.15. The Morgan fingerprint density at radius 1 is 1.55 bits per heavy atom. The summed E-state index contributed by atoms with van der Waals surface area (Å²) in [4.78, 5) is 14.7. The molecule has 1 aliphatic rings. The Morgan fingerprint density at radius 3 is 2.85 bits per heavy atom.